The van der Waals surface area contributed by atoms with Crippen molar-refractivity contribution in [1.82, 2.24) is 4.98 Å². The van der Waals surface area contributed by atoms with E-state index in [1.54, 1.807) is 36.5 Å². The fourth-order valence-corrected chi connectivity index (χ4v) is 4.02. The van der Waals surface area contributed by atoms with Gasteiger partial charge in [0.05, 0.1) is 42.4 Å². The summed E-state index contributed by atoms with van der Waals surface area (Å²) in [5, 5.41) is 11.7. The van der Waals surface area contributed by atoms with E-state index in [9.17, 15) is 5.11 Å². The maximum Gasteiger partial charge on any atom is 0.0859 e. The van der Waals surface area contributed by atoms with Gasteiger partial charge in [-0.05, 0) is 30.3 Å². The Labute approximate surface area is 180 Å². The Morgan fingerprint density at radius 3 is 1.81 bits per heavy atom. The topological polar surface area (TPSA) is 33.1 Å². The van der Waals surface area contributed by atoms with Crippen molar-refractivity contribution in [3.8, 4) is 22.3 Å². The largest absolute Gasteiger partial charge is 0.390 e. The van der Waals surface area contributed by atoms with Gasteiger partial charge in [0.1, 0.15) is 0 Å². The maximum atomic E-state index is 9.69. The second kappa shape index (κ2) is 8.12. The van der Waals surface area contributed by atoms with Crippen LogP contribution in [0.15, 0.2) is 36.5 Å². The predicted molar refractivity (Wildman–Crippen MR) is 111 cm³/mol. The van der Waals surface area contributed by atoms with Crippen molar-refractivity contribution in [3.63, 3.8) is 0 Å². The van der Waals surface area contributed by atoms with E-state index in [-0.39, 0.29) is 11.6 Å². The molecule has 0 aliphatic heterocycles. The molecule has 0 bridgehead atoms. The van der Waals surface area contributed by atoms with Crippen LogP contribution in [0, 0.1) is 0 Å². The highest BCUT2D eigenvalue weighted by Crippen LogP contribution is 2.44. The van der Waals surface area contributed by atoms with Gasteiger partial charge in [-0.15, -0.1) is 0 Å². The van der Waals surface area contributed by atoms with Crippen LogP contribution in [0.5, 0.6) is 0 Å². The Morgan fingerprint density at radius 2 is 1.23 bits per heavy atom. The number of aromatic nitrogens is 1. The molecule has 0 radical (unpaired) electrons. The van der Waals surface area contributed by atoms with Gasteiger partial charge in [0, 0.05) is 28.5 Å². The molecule has 0 atom stereocenters. The Kier molecular flexibility index (Phi) is 6.25. The lowest BCUT2D eigenvalue weighted by atomic mass is 9.99. The van der Waals surface area contributed by atoms with Gasteiger partial charge >= 0.3 is 0 Å². The predicted octanol–water partition coefficient (Wildman–Crippen LogP) is 7.83. The molecule has 134 valence electrons. The van der Waals surface area contributed by atoms with Gasteiger partial charge in [-0.25, -0.2) is 0 Å². The lowest BCUT2D eigenvalue weighted by Crippen LogP contribution is -1.97. The Morgan fingerprint density at radius 1 is 0.731 bits per heavy atom. The van der Waals surface area contributed by atoms with E-state index >= 15 is 0 Å². The van der Waals surface area contributed by atoms with E-state index in [4.69, 9.17) is 69.6 Å². The number of hydrogen-bond donors (Lipinski definition) is 1. The number of benzene rings is 2. The second-order valence-electron chi connectivity index (χ2n) is 5.31. The highest BCUT2D eigenvalue weighted by atomic mass is 35.5. The minimum atomic E-state index is -0.314. The molecule has 1 aromatic heterocycles. The van der Waals surface area contributed by atoms with E-state index in [0.717, 1.165) is 0 Å². The molecule has 26 heavy (non-hydrogen) atoms. The van der Waals surface area contributed by atoms with Crippen molar-refractivity contribution in [1.29, 1.82) is 0 Å². The van der Waals surface area contributed by atoms with Crippen LogP contribution in [0.2, 0.25) is 30.1 Å². The SMILES string of the molecule is OCc1ncc(-c2c(Cl)ccc(Cl)c2Cl)cc1-c1c(Cl)ccc(Cl)c1Cl. The van der Waals surface area contributed by atoms with Crippen molar-refractivity contribution in [2.24, 2.45) is 0 Å². The molecule has 3 aromatic rings. The van der Waals surface area contributed by atoms with Crippen LogP contribution in [0.3, 0.4) is 0 Å². The van der Waals surface area contributed by atoms with E-state index in [0.29, 0.717) is 53.1 Å². The number of pyridine rings is 1. The molecule has 0 saturated carbocycles. The molecule has 1 heterocycles. The minimum absolute atomic E-state index is 0.260. The first kappa shape index (κ1) is 20.0. The van der Waals surface area contributed by atoms with Gasteiger partial charge in [-0.1, -0.05) is 69.6 Å². The zero-order chi connectivity index (χ0) is 19.0. The molecular formula is C18H9Cl6NO. The number of halogens is 6. The fraction of sp³-hybridized carbons (Fsp3) is 0.0556. The summed E-state index contributed by atoms with van der Waals surface area (Å²) in [6.45, 7) is -0.314. The van der Waals surface area contributed by atoms with Gasteiger partial charge in [-0.2, -0.15) is 0 Å². The molecule has 0 spiro atoms. The van der Waals surface area contributed by atoms with Crippen LogP contribution in [-0.2, 0) is 6.61 Å². The van der Waals surface area contributed by atoms with Crippen LogP contribution in [0.4, 0.5) is 0 Å². The van der Waals surface area contributed by atoms with Gasteiger partial charge < -0.3 is 5.11 Å². The molecule has 2 aromatic carbocycles. The normalized spacial score (nSPS) is 11.0. The van der Waals surface area contributed by atoms with Crippen LogP contribution in [0.25, 0.3) is 22.3 Å². The number of aliphatic hydroxyl groups is 1. The third kappa shape index (κ3) is 3.65. The molecule has 8 heteroatoms. The Bertz CT molecular complexity index is 1010. The molecule has 3 rings (SSSR count). The van der Waals surface area contributed by atoms with E-state index in [2.05, 4.69) is 4.98 Å². The average Bonchev–Trinajstić information content (AvgIpc) is 2.62. The van der Waals surface area contributed by atoms with Gasteiger partial charge in [0.15, 0.2) is 0 Å². The first-order valence-electron chi connectivity index (χ1n) is 7.22. The van der Waals surface area contributed by atoms with Gasteiger partial charge in [-0.3, -0.25) is 4.98 Å². The van der Waals surface area contributed by atoms with Crippen LogP contribution >= 0.6 is 69.6 Å². The quantitative estimate of drug-likeness (QED) is 0.398. The summed E-state index contributed by atoms with van der Waals surface area (Å²) < 4.78 is 0. The number of rotatable bonds is 3. The minimum Gasteiger partial charge on any atom is -0.390 e. The number of aliphatic hydroxyl groups excluding tert-OH is 1. The summed E-state index contributed by atoms with van der Waals surface area (Å²) in [6.07, 6.45) is 1.55. The smallest absolute Gasteiger partial charge is 0.0859 e. The second-order valence-corrected chi connectivity index (χ2v) is 7.70. The molecule has 1 N–H and O–H groups in total. The molecule has 0 aliphatic rings. The first-order valence-corrected chi connectivity index (χ1v) is 9.49. The van der Waals surface area contributed by atoms with Gasteiger partial charge in [0.25, 0.3) is 0 Å². The summed E-state index contributed by atoms with van der Waals surface area (Å²) in [5.74, 6) is 0. The monoisotopic (exact) mass is 465 g/mol. The summed E-state index contributed by atoms with van der Waals surface area (Å²) >= 11 is 37.5. The average molecular weight is 468 g/mol. The molecule has 0 saturated heterocycles. The summed E-state index contributed by atoms with van der Waals surface area (Å²) in [5.41, 5.74) is 2.49. The van der Waals surface area contributed by atoms with Crippen molar-refractivity contribution in [2.45, 2.75) is 6.61 Å². The Balaban J connectivity index is 2.32. The maximum absolute atomic E-state index is 9.69. The van der Waals surface area contributed by atoms with Crippen molar-refractivity contribution in [3.05, 3.63) is 72.4 Å². The number of hydrogen-bond acceptors (Lipinski definition) is 2. The van der Waals surface area contributed by atoms with Crippen LogP contribution in [-0.4, -0.2) is 10.1 Å². The van der Waals surface area contributed by atoms with Crippen LogP contribution < -0.4 is 0 Å². The highest BCUT2D eigenvalue weighted by molar-refractivity contribution is 6.47. The third-order valence-corrected chi connectivity index (χ3v) is 6.00. The first-order chi connectivity index (χ1) is 12.3. The van der Waals surface area contributed by atoms with Crippen molar-refractivity contribution >= 4 is 69.6 Å². The number of nitrogens with zero attached hydrogens (tertiary/aromatic N) is 1. The summed E-state index contributed by atoms with van der Waals surface area (Å²) in [6, 6.07) is 8.21. The summed E-state index contributed by atoms with van der Waals surface area (Å²) in [4.78, 5) is 4.30. The molecule has 0 unspecified atom stereocenters. The van der Waals surface area contributed by atoms with E-state index in [1.165, 1.54) is 0 Å². The molecule has 2 nitrogen and oxygen atoms in total. The zero-order valence-corrected chi connectivity index (χ0v) is 17.4. The highest BCUT2D eigenvalue weighted by Gasteiger charge is 2.19. The van der Waals surface area contributed by atoms with Crippen molar-refractivity contribution < 1.29 is 5.11 Å². The molecule has 0 amide bonds. The van der Waals surface area contributed by atoms with E-state index < -0.39 is 0 Å². The lowest BCUT2D eigenvalue weighted by molar-refractivity contribution is 0.277. The standard InChI is InChI=1S/C18H9Cl6NO/c19-10-1-3-12(21)17(23)15(10)8-5-9(14(7-26)25-6-8)16-11(20)2-4-13(22)18(16)24/h1-6,26H,7H2. The summed E-state index contributed by atoms with van der Waals surface area (Å²) in [7, 11) is 0. The van der Waals surface area contributed by atoms with E-state index in [1.807, 2.05) is 0 Å². The lowest BCUT2D eigenvalue weighted by Gasteiger charge is -2.15. The van der Waals surface area contributed by atoms with Crippen LogP contribution in [0.1, 0.15) is 5.69 Å². The molecule has 0 aliphatic carbocycles. The Hall–Kier alpha value is -0.710. The molecular weight excluding hydrogens is 459 g/mol. The fourth-order valence-electron chi connectivity index (χ4n) is 2.54. The van der Waals surface area contributed by atoms with Gasteiger partial charge in [0.2, 0.25) is 0 Å². The third-order valence-electron chi connectivity index (χ3n) is 3.77. The van der Waals surface area contributed by atoms with Crippen molar-refractivity contribution in [2.75, 3.05) is 0 Å². The zero-order valence-electron chi connectivity index (χ0n) is 12.8. The molecule has 0 fully saturated rings.